The highest BCUT2D eigenvalue weighted by atomic mass is 16.6. The number of hydrogen-bond acceptors (Lipinski definition) is 5. The highest BCUT2D eigenvalue weighted by Crippen LogP contribution is 2.26. The minimum absolute atomic E-state index is 0.0334. The smallest absolute Gasteiger partial charge is 0.335 e. The van der Waals surface area contributed by atoms with Crippen LogP contribution in [0.1, 0.15) is 21.7 Å². The van der Waals surface area contributed by atoms with Crippen LogP contribution in [-0.4, -0.2) is 22.2 Å². The lowest BCUT2D eigenvalue weighted by molar-refractivity contribution is -0.384. The van der Waals surface area contributed by atoms with Crippen molar-refractivity contribution in [3.8, 4) is 11.3 Å². The minimum atomic E-state index is -0.983. The fourth-order valence-electron chi connectivity index (χ4n) is 2.47. The summed E-state index contributed by atoms with van der Waals surface area (Å²) in [6.45, 7) is 1.81. The fourth-order valence-corrected chi connectivity index (χ4v) is 2.47. The van der Waals surface area contributed by atoms with Gasteiger partial charge in [0.15, 0.2) is 0 Å². The molecule has 0 fully saturated rings. The first-order valence-corrected chi connectivity index (χ1v) is 7.67. The number of non-ortho nitro benzene ring substituents is 1. The SMILES string of the molecule is Cc1cc(C(=O)O)ccc1-c1ccc(C=Nc2cccc([N+](=O)[O-])c2)o1. The van der Waals surface area contributed by atoms with E-state index < -0.39 is 10.9 Å². The summed E-state index contributed by atoms with van der Waals surface area (Å²) < 4.78 is 5.72. The molecule has 0 aliphatic rings. The van der Waals surface area contributed by atoms with Crippen molar-refractivity contribution in [2.75, 3.05) is 0 Å². The van der Waals surface area contributed by atoms with Crippen LogP contribution in [-0.2, 0) is 0 Å². The Morgan fingerprint density at radius 3 is 2.69 bits per heavy atom. The third-order valence-corrected chi connectivity index (χ3v) is 3.75. The first-order valence-electron chi connectivity index (χ1n) is 7.67. The number of benzene rings is 2. The van der Waals surface area contributed by atoms with Crippen LogP contribution in [0.3, 0.4) is 0 Å². The number of carbonyl (C=O) groups is 1. The Balaban J connectivity index is 1.83. The maximum Gasteiger partial charge on any atom is 0.335 e. The highest BCUT2D eigenvalue weighted by Gasteiger charge is 2.10. The molecular weight excluding hydrogens is 336 g/mol. The predicted octanol–water partition coefficient (Wildman–Crippen LogP) is 4.61. The van der Waals surface area contributed by atoms with Gasteiger partial charge in [0.2, 0.25) is 0 Å². The number of aliphatic imine (C=N–C) groups is 1. The lowest BCUT2D eigenvalue weighted by Gasteiger charge is -2.03. The first-order chi connectivity index (χ1) is 12.4. The number of hydrogen-bond donors (Lipinski definition) is 1. The third kappa shape index (κ3) is 3.67. The van der Waals surface area contributed by atoms with E-state index in [0.29, 0.717) is 17.2 Å². The summed E-state index contributed by atoms with van der Waals surface area (Å²) in [5.74, 6) is 0.0806. The van der Waals surface area contributed by atoms with Crippen molar-refractivity contribution in [3.63, 3.8) is 0 Å². The molecule has 0 bridgehead atoms. The van der Waals surface area contributed by atoms with Crippen molar-refractivity contribution in [2.24, 2.45) is 4.99 Å². The Hall–Kier alpha value is -3.74. The van der Waals surface area contributed by atoms with Gasteiger partial charge < -0.3 is 9.52 Å². The fraction of sp³-hybridized carbons (Fsp3) is 0.0526. The topological polar surface area (TPSA) is 106 Å². The zero-order valence-electron chi connectivity index (χ0n) is 13.7. The van der Waals surface area contributed by atoms with E-state index in [0.717, 1.165) is 11.1 Å². The standard InChI is InChI=1S/C19H14N2O5/c1-12-9-13(19(22)23)5-7-17(12)18-8-6-16(26-18)11-20-14-3-2-4-15(10-14)21(24)25/h2-11H,1H3,(H,22,23). The molecule has 7 heteroatoms. The zero-order valence-corrected chi connectivity index (χ0v) is 13.7. The van der Waals surface area contributed by atoms with E-state index >= 15 is 0 Å². The van der Waals surface area contributed by atoms with Crippen LogP contribution in [0.2, 0.25) is 0 Å². The molecule has 0 atom stereocenters. The first kappa shape index (κ1) is 17.1. The summed E-state index contributed by atoms with van der Waals surface area (Å²) in [6.07, 6.45) is 1.48. The number of furan rings is 1. The van der Waals surface area contributed by atoms with Gasteiger partial charge in [-0.2, -0.15) is 0 Å². The van der Waals surface area contributed by atoms with Crippen molar-refractivity contribution in [1.82, 2.24) is 0 Å². The largest absolute Gasteiger partial charge is 0.478 e. The van der Waals surface area contributed by atoms with Crippen LogP contribution in [0.4, 0.5) is 11.4 Å². The Morgan fingerprint density at radius 1 is 1.19 bits per heavy atom. The second kappa shape index (κ2) is 7.02. The average Bonchev–Trinajstić information content (AvgIpc) is 3.08. The number of carboxylic acid groups (broad SMARTS) is 1. The Morgan fingerprint density at radius 2 is 2.00 bits per heavy atom. The molecule has 0 amide bonds. The minimum Gasteiger partial charge on any atom is -0.478 e. The third-order valence-electron chi connectivity index (χ3n) is 3.75. The van der Waals surface area contributed by atoms with Crippen molar-refractivity contribution in [3.05, 3.63) is 81.6 Å². The highest BCUT2D eigenvalue weighted by molar-refractivity contribution is 5.89. The van der Waals surface area contributed by atoms with Crippen LogP contribution in [0.25, 0.3) is 11.3 Å². The van der Waals surface area contributed by atoms with Gasteiger partial charge in [0.05, 0.1) is 22.4 Å². The van der Waals surface area contributed by atoms with Gasteiger partial charge in [0.25, 0.3) is 5.69 Å². The molecule has 0 aliphatic carbocycles. The van der Waals surface area contributed by atoms with Gasteiger partial charge in [-0.05, 0) is 42.8 Å². The lowest BCUT2D eigenvalue weighted by atomic mass is 10.0. The molecule has 0 spiro atoms. The molecule has 0 aliphatic heterocycles. The van der Waals surface area contributed by atoms with E-state index in [-0.39, 0.29) is 11.3 Å². The van der Waals surface area contributed by atoms with Crippen LogP contribution < -0.4 is 0 Å². The Bertz CT molecular complexity index is 1020. The second-order valence-electron chi connectivity index (χ2n) is 5.57. The molecule has 1 aromatic heterocycles. The summed E-state index contributed by atoms with van der Waals surface area (Å²) >= 11 is 0. The van der Waals surface area contributed by atoms with E-state index in [9.17, 15) is 14.9 Å². The maximum absolute atomic E-state index is 11.0. The van der Waals surface area contributed by atoms with Crippen LogP contribution in [0.5, 0.6) is 0 Å². The summed E-state index contributed by atoms with van der Waals surface area (Å²) in [6, 6.07) is 14.3. The molecule has 0 saturated carbocycles. The summed E-state index contributed by atoms with van der Waals surface area (Å²) in [5, 5.41) is 19.8. The molecular formula is C19H14N2O5. The van der Waals surface area contributed by atoms with Crippen molar-refractivity contribution >= 4 is 23.6 Å². The number of aryl methyl sites for hydroxylation is 1. The van der Waals surface area contributed by atoms with Gasteiger partial charge in [0, 0.05) is 17.7 Å². The predicted molar refractivity (Wildman–Crippen MR) is 96.2 cm³/mol. The molecule has 3 aromatic rings. The van der Waals surface area contributed by atoms with Gasteiger partial charge in [-0.1, -0.05) is 12.1 Å². The summed E-state index contributed by atoms with van der Waals surface area (Å²) in [7, 11) is 0. The lowest BCUT2D eigenvalue weighted by Crippen LogP contribution is -1.96. The van der Waals surface area contributed by atoms with Crippen LogP contribution >= 0.6 is 0 Å². The van der Waals surface area contributed by atoms with E-state index in [1.807, 2.05) is 0 Å². The molecule has 1 heterocycles. The Kier molecular flexibility index (Phi) is 4.62. The van der Waals surface area contributed by atoms with E-state index in [1.165, 1.54) is 24.4 Å². The number of aromatic carboxylic acids is 1. The number of nitro groups is 1. The number of nitro benzene ring substituents is 1. The molecule has 1 N–H and O–H groups in total. The number of carboxylic acids is 1. The molecule has 26 heavy (non-hydrogen) atoms. The molecule has 3 rings (SSSR count). The van der Waals surface area contributed by atoms with Crippen molar-refractivity contribution in [1.29, 1.82) is 0 Å². The van der Waals surface area contributed by atoms with E-state index in [1.54, 1.807) is 43.3 Å². The second-order valence-corrected chi connectivity index (χ2v) is 5.57. The quantitative estimate of drug-likeness (QED) is 0.411. The van der Waals surface area contributed by atoms with Gasteiger partial charge >= 0.3 is 5.97 Å². The van der Waals surface area contributed by atoms with E-state index in [2.05, 4.69) is 4.99 Å². The number of rotatable bonds is 5. The molecule has 0 saturated heterocycles. The van der Waals surface area contributed by atoms with Gasteiger partial charge in [-0.25, -0.2) is 4.79 Å². The van der Waals surface area contributed by atoms with Crippen molar-refractivity contribution in [2.45, 2.75) is 6.92 Å². The summed E-state index contributed by atoms with van der Waals surface area (Å²) in [4.78, 5) is 25.5. The maximum atomic E-state index is 11.0. The molecule has 0 radical (unpaired) electrons. The molecule has 130 valence electrons. The number of nitrogens with zero attached hydrogens (tertiary/aromatic N) is 2. The van der Waals surface area contributed by atoms with Gasteiger partial charge in [-0.15, -0.1) is 0 Å². The molecule has 7 nitrogen and oxygen atoms in total. The monoisotopic (exact) mass is 350 g/mol. The van der Waals surface area contributed by atoms with Gasteiger partial charge in [-0.3, -0.25) is 15.1 Å². The van der Waals surface area contributed by atoms with Crippen LogP contribution in [0.15, 0.2) is 64.0 Å². The summed E-state index contributed by atoms with van der Waals surface area (Å²) in [5.41, 5.74) is 2.18. The average molecular weight is 350 g/mol. The van der Waals surface area contributed by atoms with Crippen molar-refractivity contribution < 1.29 is 19.2 Å². The normalized spacial score (nSPS) is 11.0. The van der Waals surface area contributed by atoms with Crippen LogP contribution in [0, 0.1) is 17.0 Å². The molecule has 0 unspecified atom stereocenters. The van der Waals surface area contributed by atoms with E-state index in [4.69, 9.17) is 9.52 Å². The molecule has 2 aromatic carbocycles. The van der Waals surface area contributed by atoms with Gasteiger partial charge in [0.1, 0.15) is 11.5 Å². The zero-order chi connectivity index (χ0) is 18.7. The Labute approximate surface area is 148 Å².